The van der Waals surface area contributed by atoms with E-state index in [4.69, 9.17) is 16.7 Å². The van der Waals surface area contributed by atoms with Crippen LogP contribution in [0.15, 0.2) is 84.6 Å². The molecule has 1 amide bonds. The molecule has 4 rings (SSSR count). The first-order valence-electron chi connectivity index (χ1n) is 9.13. The number of amides is 1. The van der Waals surface area contributed by atoms with Crippen LogP contribution < -0.4 is 10.2 Å². The molecule has 1 atom stereocenters. The number of carbonyl (C=O) groups excluding carboxylic acids is 1. The van der Waals surface area contributed by atoms with Crippen molar-refractivity contribution < 1.29 is 19.8 Å². The van der Waals surface area contributed by atoms with Crippen molar-refractivity contribution in [2.45, 2.75) is 6.04 Å². The number of carboxylic acids is 1. The average molecular weight is 421 g/mol. The number of benzene rings is 3. The van der Waals surface area contributed by atoms with Gasteiger partial charge < -0.3 is 15.5 Å². The standard InChI is InChI=1S/C23H17ClN2O4/c24-15-8-6-14(7-9-15)20-13-19(22(28)26(20)17-4-2-1-3-5-17)25-16-10-11-18(23(29)30)21(27)12-16/h1-13,20,25,27H,(H,29,30). The summed E-state index contributed by atoms with van der Waals surface area (Å²) in [6.45, 7) is 0. The summed E-state index contributed by atoms with van der Waals surface area (Å²) in [5.41, 5.74) is 2.14. The van der Waals surface area contributed by atoms with Crippen LogP contribution in [0.25, 0.3) is 0 Å². The third-order valence-electron chi connectivity index (χ3n) is 4.80. The minimum absolute atomic E-state index is 0.211. The number of carboxylic acid groups (broad SMARTS) is 1. The number of hydrogen-bond acceptors (Lipinski definition) is 4. The van der Waals surface area contributed by atoms with Crippen LogP contribution in [0.1, 0.15) is 22.0 Å². The van der Waals surface area contributed by atoms with E-state index in [2.05, 4.69) is 5.32 Å². The zero-order valence-electron chi connectivity index (χ0n) is 15.6. The van der Waals surface area contributed by atoms with Crippen molar-refractivity contribution in [3.63, 3.8) is 0 Å². The predicted octanol–water partition coefficient (Wildman–Crippen LogP) is 4.83. The zero-order valence-corrected chi connectivity index (χ0v) is 16.4. The van der Waals surface area contributed by atoms with Gasteiger partial charge in [-0.1, -0.05) is 41.9 Å². The van der Waals surface area contributed by atoms with Gasteiger partial charge in [-0.05, 0) is 48.0 Å². The fraction of sp³-hybridized carbons (Fsp3) is 0.0435. The van der Waals surface area contributed by atoms with E-state index in [0.717, 1.165) is 11.3 Å². The van der Waals surface area contributed by atoms with E-state index in [9.17, 15) is 14.7 Å². The van der Waals surface area contributed by atoms with E-state index >= 15 is 0 Å². The molecular formula is C23H17ClN2O4. The van der Waals surface area contributed by atoms with Crippen LogP contribution in [0.2, 0.25) is 5.02 Å². The molecule has 3 aromatic carbocycles. The van der Waals surface area contributed by atoms with Crippen molar-refractivity contribution in [2.75, 3.05) is 10.2 Å². The molecule has 3 N–H and O–H groups in total. The van der Waals surface area contributed by atoms with Crippen LogP contribution >= 0.6 is 11.6 Å². The molecule has 0 aliphatic carbocycles. The molecule has 30 heavy (non-hydrogen) atoms. The second-order valence-electron chi connectivity index (χ2n) is 6.75. The van der Waals surface area contributed by atoms with E-state index in [-0.39, 0.29) is 23.3 Å². The van der Waals surface area contributed by atoms with Crippen LogP contribution in [0.5, 0.6) is 5.75 Å². The number of rotatable bonds is 5. The molecule has 6 nitrogen and oxygen atoms in total. The molecule has 0 saturated heterocycles. The average Bonchev–Trinajstić information content (AvgIpc) is 3.05. The first-order valence-corrected chi connectivity index (χ1v) is 9.51. The lowest BCUT2D eigenvalue weighted by Crippen LogP contribution is -2.30. The van der Waals surface area contributed by atoms with Gasteiger partial charge in [-0.15, -0.1) is 0 Å². The van der Waals surface area contributed by atoms with Gasteiger partial charge in [0.2, 0.25) is 0 Å². The highest BCUT2D eigenvalue weighted by atomic mass is 35.5. The van der Waals surface area contributed by atoms with Gasteiger partial charge in [0.1, 0.15) is 17.0 Å². The number of nitrogens with zero attached hydrogens (tertiary/aromatic N) is 1. The monoisotopic (exact) mass is 420 g/mol. The molecule has 0 aromatic heterocycles. The lowest BCUT2D eigenvalue weighted by molar-refractivity contribution is -0.114. The smallest absolute Gasteiger partial charge is 0.339 e. The maximum absolute atomic E-state index is 13.2. The lowest BCUT2D eigenvalue weighted by Gasteiger charge is -2.25. The van der Waals surface area contributed by atoms with Crippen LogP contribution in [0.3, 0.4) is 0 Å². The van der Waals surface area contributed by atoms with Crippen molar-refractivity contribution in [3.8, 4) is 5.75 Å². The molecule has 3 aromatic rings. The Morgan fingerprint density at radius 3 is 2.33 bits per heavy atom. The molecule has 0 spiro atoms. The van der Waals surface area contributed by atoms with E-state index < -0.39 is 5.97 Å². The second kappa shape index (κ2) is 7.93. The van der Waals surface area contributed by atoms with Gasteiger partial charge in [0, 0.05) is 22.5 Å². The number of nitrogens with one attached hydrogen (secondary N) is 1. The Labute approximate surface area is 177 Å². The Kier molecular flexibility index (Phi) is 5.16. The number of anilines is 2. The fourth-order valence-corrected chi connectivity index (χ4v) is 3.50. The highest BCUT2D eigenvalue weighted by Crippen LogP contribution is 2.36. The van der Waals surface area contributed by atoms with E-state index in [1.807, 2.05) is 42.5 Å². The third kappa shape index (κ3) is 3.73. The highest BCUT2D eigenvalue weighted by Gasteiger charge is 2.34. The Morgan fingerprint density at radius 1 is 1.00 bits per heavy atom. The fourth-order valence-electron chi connectivity index (χ4n) is 3.37. The van der Waals surface area contributed by atoms with Crippen molar-refractivity contribution in [3.05, 3.63) is 101 Å². The van der Waals surface area contributed by atoms with Gasteiger partial charge in [0.05, 0.1) is 6.04 Å². The largest absolute Gasteiger partial charge is 0.507 e. The van der Waals surface area contributed by atoms with E-state index in [0.29, 0.717) is 16.4 Å². The topological polar surface area (TPSA) is 89.9 Å². The van der Waals surface area contributed by atoms with E-state index in [1.165, 1.54) is 18.2 Å². The van der Waals surface area contributed by atoms with Gasteiger partial charge in [0.15, 0.2) is 0 Å². The van der Waals surface area contributed by atoms with Crippen LogP contribution in [0.4, 0.5) is 11.4 Å². The minimum atomic E-state index is -1.23. The summed E-state index contributed by atoms with van der Waals surface area (Å²) in [5, 5.41) is 22.6. The number of phenols is 1. The number of aromatic hydroxyl groups is 1. The number of carbonyl (C=O) groups is 2. The summed E-state index contributed by atoms with van der Waals surface area (Å²) in [4.78, 5) is 26.0. The lowest BCUT2D eigenvalue weighted by atomic mass is 10.1. The summed E-state index contributed by atoms with van der Waals surface area (Å²) < 4.78 is 0. The molecule has 1 aliphatic heterocycles. The number of aromatic carboxylic acids is 1. The minimum Gasteiger partial charge on any atom is -0.507 e. The molecule has 7 heteroatoms. The summed E-state index contributed by atoms with van der Waals surface area (Å²) in [5.74, 6) is -1.86. The normalized spacial score (nSPS) is 15.8. The van der Waals surface area contributed by atoms with Gasteiger partial charge in [-0.2, -0.15) is 0 Å². The molecule has 0 fully saturated rings. The molecule has 0 radical (unpaired) electrons. The summed E-state index contributed by atoms with van der Waals surface area (Å²) in [6, 6.07) is 20.3. The quantitative estimate of drug-likeness (QED) is 0.550. The molecule has 1 heterocycles. The zero-order chi connectivity index (χ0) is 21.3. The van der Waals surface area contributed by atoms with Crippen LogP contribution in [-0.2, 0) is 4.79 Å². The van der Waals surface area contributed by atoms with Gasteiger partial charge >= 0.3 is 5.97 Å². The molecule has 1 unspecified atom stereocenters. The Hall–Kier alpha value is -3.77. The second-order valence-corrected chi connectivity index (χ2v) is 7.19. The highest BCUT2D eigenvalue weighted by molar-refractivity contribution is 6.30. The maximum atomic E-state index is 13.2. The maximum Gasteiger partial charge on any atom is 0.339 e. The Morgan fingerprint density at radius 2 is 1.70 bits per heavy atom. The Bertz CT molecular complexity index is 1140. The summed E-state index contributed by atoms with van der Waals surface area (Å²) in [7, 11) is 0. The number of para-hydroxylation sites is 1. The van der Waals surface area contributed by atoms with Crippen molar-refractivity contribution in [1.29, 1.82) is 0 Å². The Balaban J connectivity index is 1.70. The molecule has 1 aliphatic rings. The number of hydrogen-bond donors (Lipinski definition) is 3. The summed E-state index contributed by atoms with van der Waals surface area (Å²) in [6.07, 6.45) is 1.79. The van der Waals surface area contributed by atoms with Gasteiger partial charge in [0.25, 0.3) is 5.91 Å². The molecule has 150 valence electrons. The predicted molar refractivity (Wildman–Crippen MR) is 115 cm³/mol. The first-order chi connectivity index (χ1) is 14.4. The van der Waals surface area contributed by atoms with E-state index in [1.54, 1.807) is 23.1 Å². The van der Waals surface area contributed by atoms with Crippen LogP contribution in [0, 0.1) is 0 Å². The third-order valence-corrected chi connectivity index (χ3v) is 5.06. The van der Waals surface area contributed by atoms with Crippen LogP contribution in [-0.4, -0.2) is 22.1 Å². The van der Waals surface area contributed by atoms with Crippen molar-refractivity contribution in [2.24, 2.45) is 0 Å². The number of halogens is 1. The molecule has 0 saturated carbocycles. The molecular weight excluding hydrogens is 404 g/mol. The first kappa shape index (κ1) is 19.5. The van der Waals surface area contributed by atoms with Gasteiger partial charge in [-0.3, -0.25) is 9.69 Å². The molecule has 0 bridgehead atoms. The van der Waals surface area contributed by atoms with Crippen molar-refractivity contribution in [1.82, 2.24) is 0 Å². The SMILES string of the molecule is O=C(O)c1ccc(NC2=CC(c3ccc(Cl)cc3)N(c3ccccc3)C2=O)cc1O. The van der Waals surface area contributed by atoms with Crippen molar-refractivity contribution >= 4 is 34.9 Å². The summed E-state index contributed by atoms with van der Waals surface area (Å²) >= 11 is 6.01. The van der Waals surface area contributed by atoms with Gasteiger partial charge in [-0.25, -0.2) is 4.79 Å².